The molecule has 0 unspecified atom stereocenters. The second kappa shape index (κ2) is 4.96. The third-order valence-electron chi connectivity index (χ3n) is 2.94. The number of hydrogen-bond acceptors (Lipinski definition) is 2. The van der Waals surface area contributed by atoms with Gasteiger partial charge in [0.1, 0.15) is 0 Å². The van der Waals surface area contributed by atoms with E-state index in [1.54, 1.807) is 6.07 Å². The van der Waals surface area contributed by atoms with E-state index in [-0.39, 0.29) is 10.7 Å². The van der Waals surface area contributed by atoms with Gasteiger partial charge in [0.2, 0.25) is 5.95 Å². The van der Waals surface area contributed by atoms with Gasteiger partial charge in [-0.1, -0.05) is 23.7 Å². The predicted molar refractivity (Wildman–Crippen MR) is 75.8 cm³/mol. The van der Waals surface area contributed by atoms with Crippen LogP contribution in [0.5, 0.6) is 0 Å². The molecule has 21 heavy (non-hydrogen) atoms. The number of halogens is 4. The quantitative estimate of drug-likeness (QED) is 0.701. The van der Waals surface area contributed by atoms with Crippen LogP contribution >= 0.6 is 11.6 Å². The van der Waals surface area contributed by atoms with Crippen molar-refractivity contribution in [1.82, 2.24) is 9.97 Å². The highest BCUT2D eigenvalue weighted by Crippen LogP contribution is 2.34. The maximum atomic E-state index is 12.7. The van der Waals surface area contributed by atoms with E-state index in [1.165, 1.54) is 6.07 Å². The van der Waals surface area contributed by atoms with Crippen molar-refractivity contribution < 1.29 is 13.2 Å². The molecule has 0 saturated heterocycles. The van der Waals surface area contributed by atoms with Crippen molar-refractivity contribution in [3.8, 4) is 0 Å². The lowest BCUT2D eigenvalue weighted by Gasteiger charge is -2.10. The molecule has 0 aliphatic rings. The monoisotopic (exact) mass is 311 g/mol. The van der Waals surface area contributed by atoms with Gasteiger partial charge in [-0.05, 0) is 30.3 Å². The second-order valence-electron chi connectivity index (χ2n) is 4.42. The Labute approximate surface area is 122 Å². The number of fused-ring (bicyclic) bond motifs is 1. The number of benzene rings is 2. The molecule has 1 heterocycles. The molecule has 2 aromatic carbocycles. The molecule has 0 bridgehead atoms. The lowest BCUT2D eigenvalue weighted by molar-refractivity contribution is -0.137. The summed E-state index contributed by atoms with van der Waals surface area (Å²) in [5, 5.41) is 2.96. The van der Waals surface area contributed by atoms with Gasteiger partial charge in [-0.15, -0.1) is 0 Å². The van der Waals surface area contributed by atoms with Gasteiger partial charge < -0.3 is 10.3 Å². The van der Waals surface area contributed by atoms with Gasteiger partial charge in [0.15, 0.2) is 0 Å². The molecule has 1 aromatic heterocycles. The number of H-pyrrole nitrogens is 1. The van der Waals surface area contributed by atoms with Crippen LogP contribution < -0.4 is 5.32 Å². The highest BCUT2D eigenvalue weighted by Gasteiger charge is 2.31. The molecular formula is C14H9ClF3N3. The summed E-state index contributed by atoms with van der Waals surface area (Å²) in [6.07, 6.45) is -4.42. The fourth-order valence-electron chi connectivity index (χ4n) is 1.94. The zero-order chi connectivity index (χ0) is 15.0. The average molecular weight is 312 g/mol. The number of aromatic amines is 1. The molecule has 3 nitrogen and oxygen atoms in total. The van der Waals surface area contributed by atoms with Gasteiger partial charge in [0.25, 0.3) is 0 Å². The molecule has 3 aromatic rings. The molecule has 0 aliphatic carbocycles. The lowest BCUT2D eigenvalue weighted by atomic mass is 10.2. The van der Waals surface area contributed by atoms with E-state index >= 15 is 0 Å². The zero-order valence-corrected chi connectivity index (χ0v) is 11.3. The third-order valence-corrected chi connectivity index (χ3v) is 3.27. The van der Waals surface area contributed by atoms with Crippen LogP contribution in [-0.4, -0.2) is 9.97 Å². The van der Waals surface area contributed by atoms with Crippen LogP contribution in [0, 0.1) is 0 Å². The number of nitrogens with zero attached hydrogens (tertiary/aromatic N) is 1. The van der Waals surface area contributed by atoms with E-state index in [9.17, 15) is 13.2 Å². The van der Waals surface area contributed by atoms with Crippen LogP contribution in [0.25, 0.3) is 11.0 Å². The number of para-hydroxylation sites is 2. The third kappa shape index (κ3) is 2.80. The minimum atomic E-state index is -4.42. The summed E-state index contributed by atoms with van der Waals surface area (Å²) in [6, 6.07) is 10.4. The topological polar surface area (TPSA) is 40.7 Å². The first-order valence-electron chi connectivity index (χ1n) is 6.02. The summed E-state index contributed by atoms with van der Waals surface area (Å²) in [5.74, 6) is 0.331. The Morgan fingerprint density at radius 3 is 2.57 bits per heavy atom. The molecule has 108 valence electrons. The van der Waals surface area contributed by atoms with Crippen molar-refractivity contribution in [2.24, 2.45) is 0 Å². The summed E-state index contributed by atoms with van der Waals surface area (Å²) in [4.78, 5) is 7.20. The van der Waals surface area contributed by atoms with Crippen molar-refractivity contribution in [2.75, 3.05) is 5.32 Å². The Hall–Kier alpha value is -2.21. The molecule has 0 spiro atoms. The van der Waals surface area contributed by atoms with Gasteiger partial charge in [-0.3, -0.25) is 0 Å². The molecular weight excluding hydrogens is 303 g/mol. The first-order chi connectivity index (χ1) is 9.93. The van der Waals surface area contributed by atoms with Crippen LogP contribution in [0.3, 0.4) is 0 Å². The Bertz CT molecular complexity index is 763. The standard InChI is InChI=1S/C14H9ClF3N3/c15-9-6-5-8(14(16,17)18)7-12(9)21-13-19-10-3-1-2-4-11(10)20-13/h1-7H,(H2,19,20,21). The molecule has 0 aliphatic heterocycles. The van der Waals surface area contributed by atoms with Gasteiger partial charge in [-0.25, -0.2) is 4.98 Å². The maximum absolute atomic E-state index is 12.7. The number of anilines is 2. The van der Waals surface area contributed by atoms with E-state index in [1.807, 2.05) is 18.2 Å². The molecule has 0 atom stereocenters. The molecule has 7 heteroatoms. The average Bonchev–Trinajstić information content (AvgIpc) is 2.82. The van der Waals surface area contributed by atoms with E-state index in [2.05, 4.69) is 15.3 Å². The number of hydrogen-bond donors (Lipinski definition) is 2. The fraction of sp³-hybridized carbons (Fsp3) is 0.0714. The molecule has 0 saturated carbocycles. The first kappa shape index (κ1) is 13.8. The van der Waals surface area contributed by atoms with Crippen molar-refractivity contribution >= 4 is 34.3 Å². The Kier molecular flexibility index (Phi) is 3.25. The van der Waals surface area contributed by atoms with Gasteiger partial charge in [-0.2, -0.15) is 13.2 Å². The minimum Gasteiger partial charge on any atom is -0.324 e. The van der Waals surface area contributed by atoms with Crippen molar-refractivity contribution in [2.45, 2.75) is 6.18 Å². The highest BCUT2D eigenvalue weighted by molar-refractivity contribution is 6.33. The fourth-order valence-corrected chi connectivity index (χ4v) is 2.10. The Morgan fingerprint density at radius 2 is 1.86 bits per heavy atom. The van der Waals surface area contributed by atoms with Crippen LogP contribution in [0.4, 0.5) is 24.8 Å². The molecule has 0 amide bonds. The van der Waals surface area contributed by atoms with Gasteiger partial charge in [0.05, 0.1) is 27.3 Å². The number of nitrogens with one attached hydrogen (secondary N) is 2. The van der Waals surface area contributed by atoms with E-state index in [4.69, 9.17) is 11.6 Å². The number of imidazole rings is 1. The van der Waals surface area contributed by atoms with Crippen molar-refractivity contribution in [3.63, 3.8) is 0 Å². The van der Waals surface area contributed by atoms with E-state index in [0.717, 1.165) is 17.6 Å². The summed E-state index contributed by atoms with van der Waals surface area (Å²) in [6.45, 7) is 0. The van der Waals surface area contributed by atoms with Crippen LogP contribution in [0.2, 0.25) is 5.02 Å². The smallest absolute Gasteiger partial charge is 0.324 e. The van der Waals surface area contributed by atoms with Crippen molar-refractivity contribution in [3.05, 3.63) is 53.1 Å². The van der Waals surface area contributed by atoms with Crippen LogP contribution in [0.15, 0.2) is 42.5 Å². The van der Waals surface area contributed by atoms with Crippen LogP contribution in [-0.2, 0) is 6.18 Å². The molecule has 0 radical (unpaired) electrons. The second-order valence-corrected chi connectivity index (χ2v) is 4.83. The first-order valence-corrected chi connectivity index (χ1v) is 6.40. The molecule has 2 N–H and O–H groups in total. The zero-order valence-electron chi connectivity index (χ0n) is 10.5. The molecule has 3 rings (SSSR count). The Morgan fingerprint density at radius 1 is 1.10 bits per heavy atom. The number of rotatable bonds is 2. The van der Waals surface area contributed by atoms with E-state index < -0.39 is 11.7 Å². The Balaban J connectivity index is 1.97. The van der Waals surface area contributed by atoms with E-state index in [0.29, 0.717) is 11.5 Å². The highest BCUT2D eigenvalue weighted by atomic mass is 35.5. The summed E-state index contributed by atoms with van der Waals surface area (Å²) in [7, 11) is 0. The van der Waals surface area contributed by atoms with Crippen LogP contribution in [0.1, 0.15) is 5.56 Å². The summed E-state index contributed by atoms with van der Waals surface area (Å²) < 4.78 is 38.1. The van der Waals surface area contributed by atoms with Gasteiger partial charge >= 0.3 is 6.18 Å². The number of alkyl halides is 3. The van der Waals surface area contributed by atoms with Gasteiger partial charge in [0, 0.05) is 0 Å². The normalized spacial score (nSPS) is 11.8. The van der Waals surface area contributed by atoms with Crippen molar-refractivity contribution in [1.29, 1.82) is 0 Å². The minimum absolute atomic E-state index is 0.144. The SMILES string of the molecule is FC(F)(F)c1ccc(Cl)c(Nc2nc3ccccc3[nH]2)c1. The maximum Gasteiger partial charge on any atom is 0.416 e. The summed E-state index contributed by atoms with van der Waals surface area (Å²) >= 11 is 5.92. The largest absolute Gasteiger partial charge is 0.416 e. The number of aromatic nitrogens is 2. The summed E-state index contributed by atoms with van der Waals surface area (Å²) in [5.41, 5.74) is 0.863. The lowest BCUT2D eigenvalue weighted by Crippen LogP contribution is -2.05. The molecule has 0 fully saturated rings. The predicted octanol–water partition coefficient (Wildman–Crippen LogP) is 4.98.